The number of imide groups is 1. The summed E-state index contributed by atoms with van der Waals surface area (Å²) in [7, 11) is 1.08. The molecule has 1 spiro atoms. The zero-order valence-electron chi connectivity index (χ0n) is 15.1. The average molecular weight is 417 g/mol. The van der Waals surface area contributed by atoms with E-state index in [1.807, 2.05) is 0 Å². The summed E-state index contributed by atoms with van der Waals surface area (Å²) in [6, 6.07) is 10.2. The summed E-state index contributed by atoms with van der Waals surface area (Å²) in [5.41, 5.74) is -1.72. The van der Waals surface area contributed by atoms with E-state index in [4.69, 9.17) is 16.3 Å². The quantitative estimate of drug-likeness (QED) is 0.467. The van der Waals surface area contributed by atoms with Gasteiger partial charge in [0.15, 0.2) is 11.5 Å². The van der Waals surface area contributed by atoms with E-state index in [1.54, 1.807) is 12.1 Å². The van der Waals surface area contributed by atoms with Crippen LogP contribution < -0.4 is 5.32 Å². The molecule has 9 heteroatoms. The highest BCUT2D eigenvalue weighted by Crippen LogP contribution is 2.49. The molecule has 2 atom stereocenters. The van der Waals surface area contributed by atoms with Crippen LogP contribution in [0.4, 0.5) is 4.39 Å². The van der Waals surface area contributed by atoms with Gasteiger partial charge < -0.3 is 9.64 Å². The van der Waals surface area contributed by atoms with Gasteiger partial charge in [-0.25, -0.2) is 4.39 Å². The summed E-state index contributed by atoms with van der Waals surface area (Å²) >= 11 is 6.12. The molecule has 0 saturated carbocycles. The first kappa shape index (κ1) is 19.1. The number of amides is 3. The van der Waals surface area contributed by atoms with Crippen molar-refractivity contribution >= 4 is 35.3 Å². The SMILES string of the molecule is COC(=O)C1C(=O)NC(=O)C12c1ccccc1C(=O)N2Cc1c(F)cccc1Cl. The molecule has 0 aliphatic carbocycles. The lowest BCUT2D eigenvalue weighted by atomic mass is 9.79. The van der Waals surface area contributed by atoms with Crippen LogP contribution in [0.25, 0.3) is 0 Å². The Labute approximate surface area is 169 Å². The largest absolute Gasteiger partial charge is 0.468 e. The molecule has 2 aromatic carbocycles. The summed E-state index contributed by atoms with van der Waals surface area (Å²) < 4.78 is 19.2. The Kier molecular flexibility index (Phi) is 4.38. The van der Waals surface area contributed by atoms with Crippen LogP contribution in [-0.2, 0) is 31.2 Å². The zero-order valence-corrected chi connectivity index (χ0v) is 15.8. The fraction of sp³-hybridized carbons (Fsp3) is 0.200. The Balaban J connectivity index is 1.97. The van der Waals surface area contributed by atoms with E-state index < -0.39 is 47.5 Å². The number of hydrogen-bond donors (Lipinski definition) is 1. The third-order valence-electron chi connectivity index (χ3n) is 5.32. The third kappa shape index (κ3) is 2.49. The zero-order chi connectivity index (χ0) is 20.9. The second-order valence-electron chi connectivity index (χ2n) is 6.68. The number of benzene rings is 2. The number of nitrogens with one attached hydrogen (secondary N) is 1. The molecule has 7 nitrogen and oxygen atoms in total. The number of ether oxygens (including phenoxy) is 1. The molecule has 2 heterocycles. The summed E-state index contributed by atoms with van der Waals surface area (Å²) in [5.74, 6) is -5.69. The molecular weight excluding hydrogens is 403 g/mol. The number of carbonyl (C=O) groups excluding carboxylic acids is 4. The average Bonchev–Trinajstić information content (AvgIpc) is 3.10. The number of esters is 1. The van der Waals surface area contributed by atoms with Crippen LogP contribution in [0.2, 0.25) is 5.02 Å². The highest BCUT2D eigenvalue weighted by Gasteiger charge is 2.68. The molecule has 3 amide bonds. The molecule has 0 radical (unpaired) electrons. The van der Waals surface area contributed by atoms with Crippen molar-refractivity contribution in [3.8, 4) is 0 Å². The number of methoxy groups -OCH3 is 1. The van der Waals surface area contributed by atoms with Gasteiger partial charge in [-0.1, -0.05) is 35.9 Å². The van der Waals surface area contributed by atoms with Crippen molar-refractivity contribution in [1.82, 2.24) is 10.2 Å². The predicted molar refractivity (Wildman–Crippen MR) is 98.1 cm³/mol. The van der Waals surface area contributed by atoms with Gasteiger partial charge in [-0.2, -0.15) is 0 Å². The Hall–Kier alpha value is -3.26. The molecule has 2 aliphatic heterocycles. The van der Waals surface area contributed by atoms with Crippen LogP contribution >= 0.6 is 11.6 Å². The van der Waals surface area contributed by atoms with E-state index in [0.717, 1.165) is 12.0 Å². The fourth-order valence-electron chi connectivity index (χ4n) is 4.04. The van der Waals surface area contributed by atoms with Crippen LogP contribution in [0.1, 0.15) is 21.5 Å². The topological polar surface area (TPSA) is 92.8 Å². The number of nitrogens with zero attached hydrogens (tertiary/aromatic N) is 1. The molecule has 29 heavy (non-hydrogen) atoms. The predicted octanol–water partition coefficient (Wildman–Crippen LogP) is 1.78. The van der Waals surface area contributed by atoms with Crippen molar-refractivity contribution in [2.75, 3.05) is 7.11 Å². The number of halogens is 2. The highest BCUT2D eigenvalue weighted by molar-refractivity contribution is 6.31. The number of rotatable bonds is 3. The smallest absolute Gasteiger partial charge is 0.321 e. The monoisotopic (exact) mass is 416 g/mol. The molecule has 2 aromatic rings. The fourth-order valence-corrected chi connectivity index (χ4v) is 4.27. The van der Waals surface area contributed by atoms with Gasteiger partial charge in [0.05, 0.1) is 13.7 Å². The Bertz CT molecular complexity index is 1070. The van der Waals surface area contributed by atoms with Crippen LogP contribution in [0.15, 0.2) is 42.5 Å². The second-order valence-corrected chi connectivity index (χ2v) is 7.09. The third-order valence-corrected chi connectivity index (χ3v) is 5.67. The van der Waals surface area contributed by atoms with Gasteiger partial charge >= 0.3 is 5.97 Å². The van der Waals surface area contributed by atoms with Gasteiger partial charge in [0.2, 0.25) is 5.91 Å². The summed E-state index contributed by atoms with van der Waals surface area (Å²) in [5, 5.41) is 2.17. The number of fused-ring (bicyclic) bond motifs is 2. The van der Waals surface area contributed by atoms with E-state index in [1.165, 1.54) is 30.3 Å². The standard InChI is InChI=1S/C20H14ClFN2O5/c1-29-18(27)15-16(25)23-19(28)20(15)12-6-3-2-5-10(12)17(26)24(20)9-11-13(21)7-4-8-14(11)22/h2-8,15H,9H2,1H3,(H,23,25,28). The summed E-state index contributed by atoms with van der Waals surface area (Å²) in [4.78, 5) is 52.3. The molecule has 148 valence electrons. The van der Waals surface area contributed by atoms with Gasteiger partial charge in [0, 0.05) is 21.7 Å². The van der Waals surface area contributed by atoms with Crippen LogP contribution in [0, 0.1) is 11.7 Å². The minimum Gasteiger partial charge on any atom is -0.468 e. The number of carbonyl (C=O) groups is 4. The maximum Gasteiger partial charge on any atom is 0.321 e. The molecular formula is C20H14ClFN2O5. The lowest BCUT2D eigenvalue weighted by Crippen LogP contribution is -2.54. The van der Waals surface area contributed by atoms with E-state index >= 15 is 0 Å². The van der Waals surface area contributed by atoms with Crippen molar-refractivity contribution in [1.29, 1.82) is 0 Å². The van der Waals surface area contributed by atoms with Gasteiger partial charge in [-0.3, -0.25) is 24.5 Å². The van der Waals surface area contributed by atoms with Crippen LogP contribution in [0.3, 0.4) is 0 Å². The maximum absolute atomic E-state index is 14.4. The Morgan fingerprint density at radius 3 is 2.62 bits per heavy atom. The first-order valence-corrected chi connectivity index (χ1v) is 8.99. The Morgan fingerprint density at radius 1 is 1.21 bits per heavy atom. The molecule has 2 unspecified atom stereocenters. The van der Waals surface area contributed by atoms with Crippen molar-refractivity contribution in [2.45, 2.75) is 12.1 Å². The highest BCUT2D eigenvalue weighted by atomic mass is 35.5. The minimum absolute atomic E-state index is 0.0366. The van der Waals surface area contributed by atoms with Gasteiger partial charge in [0.1, 0.15) is 5.82 Å². The van der Waals surface area contributed by atoms with Gasteiger partial charge in [-0.15, -0.1) is 0 Å². The normalized spacial score (nSPS) is 22.8. The maximum atomic E-state index is 14.4. The molecule has 0 aromatic heterocycles. The second kappa shape index (κ2) is 6.66. The first-order chi connectivity index (χ1) is 13.8. The van der Waals surface area contributed by atoms with Gasteiger partial charge in [-0.05, 0) is 18.2 Å². The molecule has 1 saturated heterocycles. The summed E-state index contributed by atoms with van der Waals surface area (Å²) in [6.07, 6.45) is 0. The Morgan fingerprint density at radius 2 is 1.93 bits per heavy atom. The lowest BCUT2D eigenvalue weighted by molar-refractivity contribution is -0.155. The van der Waals surface area contributed by atoms with Crippen molar-refractivity contribution < 1.29 is 28.3 Å². The minimum atomic E-state index is -2.00. The summed E-state index contributed by atoms with van der Waals surface area (Å²) in [6.45, 7) is -0.423. The molecule has 1 N–H and O–H groups in total. The first-order valence-electron chi connectivity index (χ1n) is 8.61. The molecule has 0 bridgehead atoms. The number of hydrogen-bond acceptors (Lipinski definition) is 5. The lowest BCUT2D eigenvalue weighted by Gasteiger charge is -2.36. The van der Waals surface area contributed by atoms with E-state index in [0.29, 0.717) is 0 Å². The van der Waals surface area contributed by atoms with Crippen molar-refractivity contribution in [3.05, 3.63) is 70.0 Å². The van der Waals surface area contributed by atoms with E-state index in [2.05, 4.69) is 5.32 Å². The van der Waals surface area contributed by atoms with Crippen molar-refractivity contribution in [3.63, 3.8) is 0 Å². The van der Waals surface area contributed by atoms with Crippen molar-refractivity contribution in [2.24, 2.45) is 5.92 Å². The molecule has 1 fully saturated rings. The van der Waals surface area contributed by atoms with E-state index in [9.17, 15) is 23.6 Å². The molecule has 4 rings (SSSR count). The van der Waals surface area contributed by atoms with Crippen LogP contribution in [0.5, 0.6) is 0 Å². The van der Waals surface area contributed by atoms with Crippen LogP contribution in [-0.4, -0.2) is 35.7 Å². The van der Waals surface area contributed by atoms with Gasteiger partial charge in [0.25, 0.3) is 11.8 Å². The molecule has 2 aliphatic rings. The van der Waals surface area contributed by atoms with E-state index in [-0.39, 0.29) is 21.7 Å².